The number of thioether (sulfide) groups is 1. The van der Waals surface area contributed by atoms with Gasteiger partial charge in [-0.05, 0) is 56.8 Å². The molecule has 0 radical (unpaired) electrons. The first-order chi connectivity index (χ1) is 12.3. The van der Waals surface area contributed by atoms with Gasteiger partial charge in [0.2, 0.25) is 0 Å². The molecule has 2 saturated heterocycles. The Morgan fingerprint density at radius 1 is 1.20 bits per heavy atom. The molecule has 2 aliphatic rings. The lowest BCUT2D eigenvalue weighted by Gasteiger charge is -2.23. The van der Waals surface area contributed by atoms with E-state index in [4.69, 9.17) is 0 Å². The molecular formula is C18H27N5S2. The highest BCUT2D eigenvalue weighted by molar-refractivity contribution is 7.99. The van der Waals surface area contributed by atoms with Crippen molar-refractivity contribution in [1.82, 2.24) is 24.6 Å². The molecule has 4 rings (SSSR count). The van der Waals surface area contributed by atoms with Gasteiger partial charge in [0.15, 0.2) is 11.0 Å². The van der Waals surface area contributed by atoms with E-state index in [0.717, 1.165) is 29.8 Å². The molecule has 2 aromatic rings. The van der Waals surface area contributed by atoms with E-state index in [0.29, 0.717) is 6.04 Å². The molecule has 0 saturated carbocycles. The number of rotatable bonds is 7. The van der Waals surface area contributed by atoms with Crippen molar-refractivity contribution >= 4 is 23.1 Å². The van der Waals surface area contributed by atoms with Crippen LogP contribution in [-0.4, -0.2) is 56.5 Å². The Balaban J connectivity index is 1.37. The van der Waals surface area contributed by atoms with Crippen LogP contribution in [0.15, 0.2) is 22.7 Å². The van der Waals surface area contributed by atoms with E-state index in [1.807, 2.05) is 23.1 Å². The standard InChI is InChI=1S/C18H27N5S2/c1-21-17(16-7-4-10-23(16)14-15-6-5-12-24-15)19-20-18(21)25-13-11-22-8-2-3-9-22/h5-6,12,16H,2-4,7-11,13-14H2,1H3/t16-/m1/s1. The van der Waals surface area contributed by atoms with Crippen LogP contribution in [0.3, 0.4) is 0 Å². The van der Waals surface area contributed by atoms with Crippen LogP contribution in [0.5, 0.6) is 0 Å². The Labute approximate surface area is 158 Å². The minimum absolute atomic E-state index is 0.410. The second-order valence-corrected chi connectivity index (χ2v) is 9.10. The van der Waals surface area contributed by atoms with Crippen LogP contribution >= 0.6 is 23.1 Å². The van der Waals surface area contributed by atoms with Crippen LogP contribution in [0.1, 0.15) is 42.4 Å². The van der Waals surface area contributed by atoms with E-state index in [1.54, 1.807) is 0 Å². The minimum Gasteiger partial charge on any atom is -0.308 e. The molecular weight excluding hydrogens is 350 g/mol. The largest absolute Gasteiger partial charge is 0.308 e. The average molecular weight is 378 g/mol. The second kappa shape index (κ2) is 8.20. The summed E-state index contributed by atoms with van der Waals surface area (Å²) in [7, 11) is 2.13. The molecule has 0 aromatic carbocycles. The van der Waals surface area contributed by atoms with Gasteiger partial charge >= 0.3 is 0 Å². The van der Waals surface area contributed by atoms with E-state index in [1.165, 1.54) is 50.2 Å². The fourth-order valence-corrected chi connectivity index (χ4v) is 5.57. The first-order valence-corrected chi connectivity index (χ1v) is 11.2. The highest BCUT2D eigenvalue weighted by atomic mass is 32.2. The normalized spacial score (nSPS) is 22.2. The van der Waals surface area contributed by atoms with Crippen molar-refractivity contribution in [2.75, 3.05) is 31.9 Å². The van der Waals surface area contributed by atoms with Gasteiger partial charge in [0, 0.05) is 30.8 Å². The fraction of sp³-hybridized carbons (Fsp3) is 0.667. The summed E-state index contributed by atoms with van der Waals surface area (Å²) in [6.07, 6.45) is 5.16. The Morgan fingerprint density at radius 2 is 2.08 bits per heavy atom. The number of thiophene rings is 1. The Kier molecular flexibility index (Phi) is 5.75. The lowest BCUT2D eigenvalue weighted by atomic mass is 10.2. The van der Waals surface area contributed by atoms with Crippen molar-refractivity contribution in [2.45, 2.75) is 43.4 Å². The zero-order chi connectivity index (χ0) is 17.1. The van der Waals surface area contributed by atoms with Gasteiger partial charge in [-0.1, -0.05) is 17.8 Å². The van der Waals surface area contributed by atoms with E-state index in [2.05, 4.69) is 49.1 Å². The maximum absolute atomic E-state index is 4.57. The van der Waals surface area contributed by atoms with Gasteiger partial charge in [0.25, 0.3) is 0 Å². The Morgan fingerprint density at radius 3 is 2.88 bits per heavy atom. The van der Waals surface area contributed by atoms with Crippen molar-refractivity contribution in [3.8, 4) is 0 Å². The highest BCUT2D eigenvalue weighted by Gasteiger charge is 2.30. The number of hydrogen-bond acceptors (Lipinski definition) is 6. The van der Waals surface area contributed by atoms with Crippen molar-refractivity contribution in [3.63, 3.8) is 0 Å². The first kappa shape index (κ1) is 17.5. The van der Waals surface area contributed by atoms with Crippen LogP contribution in [-0.2, 0) is 13.6 Å². The van der Waals surface area contributed by atoms with Crippen molar-refractivity contribution < 1.29 is 0 Å². The third-order valence-electron chi connectivity index (χ3n) is 5.31. The maximum Gasteiger partial charge on any atom is 0.191 e. The Bertz CT molecular complexity index is 663. The van der Waals surface area contributed by atoms with Crippen LogP contribution in [0, 0.1) is 0 Å². The molecule has 4 heterocycles. The van der Waals surface area contributed by atoms with Gasteiger partial charge in [0.1, 0.15) is 0 Å². The summed E-state index contributed by atoms with van der Waals surface area (Å²) in [5, 5.41) is 12.3. The zero-order valence-corrected chi connectivity index (χ0v) is 16.6. The fourth-order valence-electron chi connectivity index (χ4n) is 3.92. The lowest BCUT2D eigenvalue weighted by Crippen LogP contribution is -2.24. The third kappa shape index (κ3) is 4.10. The van der Waals surface area contributed by atoms with Crippen LogP contribution in [0.25, 0.3) is 0 Å². The molecule has 5 nitrogen and oxygen atoms in total. The van der Waals surface area contributed by atoms with Crippen LogP contribution < -0.4 is 0 Å². The van der Waals surface area contributed by atoms with Crippen molar-refractivity contribution in [3.05, 3.63) is 28.2 Å². The van der Waals surface area contributed by atoms with E-state index in [-0.39, 0.29) is 0 Å². The summed E-state index contributed by atoms with van der Waals surface area (Å²) in [5.74, 6) is 2.24. The molecule has 0 amide bonds. The van der Waals surface area contributed by atoms with Gasteiger partial charge in [-0.3, -0.25) is 4.90 Å². The van der Waals surface area contributed by atoms with Gasteiger partial charge in [-0.2, -0.15) is 0 Å². The number of nitrogens with zero attached hydrogens (tertiary/aromatic N) is 5. The molecule has 7 heteroatoms. The summed E-state index contributed by atoms with van der Waals surface area (Å²) in [4.78, 5) is 6.56. The molecule has 2 aliphatic heterocycles. The molecule has 0 unspecified atom stereocenters. The Hall–Kier alpha value is -0.890. The summed E-state index contributed by atoms with van der Waals surface area (Å²) in [5.41, 5.74) is 0. The number of likely N-dealkylation sites (tertiary alicyclic amines) is 2. The number of aromatic nitrogens is 3. The smallest absolute Gasteiger partial charge is 0.191 e. The van der Waals surface area contributed by atoms with Gasteiger partial charge in [-0.25, -0.2) is 0 Å². The maximum atomic E-state index is 4.57. The SMILES string of the molecule is Cn1c(SCCN2CCCC2)nnc1[C@H]1CCCN1Cc1cccs1. The zero-order valence-electron chi connectivity index (χ0n) is 14.9. The quantitative estimate of drug-likeness (QED) is 0.691. The molecule has 2 fully saturated rings. The van der Waals surface area contributed by atoms with Crippen LogP contribution in [0.2, 0.25) is 0 Å². The monoisotopic (exact) mass is 377 g/mol. The second-order valence-electron chi connectivity index (χ2n) is 7.00. The summed E-state index contributed by atoms with van der Waals surface area (Å²) in [6, 6.07) is 4.78. The molecule has 0 bridgehead atoms. The first-order valence-electron chi connectivity index (χ1n) is 9.32. The molecule has 0 aliphatic carbocycles. The van der Waals surface area contributed by atoms with E-state index >= 15 is 0 Å². The van der Waals surface area contributed by atoms with Crippen molar-refractivity contribution in [1.29, 1.82) is 0 Å². The molecule has 0 N–H and O–H groups in total. The summed E-state index contributed by atoms with van der Waals surface area (Å²) in [6.45, 7) is 5.90. The van der Waals surface area contributed by atoms with Gasteiger partial charge in [0.05, 0.1) is 6.04 Å². The predicted octanol–water partition coefficient (Wildman–Crippen LogP) is 3.40. The van der Waals surface area contributed by atoms with Crippen LogP contribution in [0.4, 0.5) is 0 Å². The summed E-state index contributed by atoms with van der Waals surface area (Å²) >= 11 is 3.70. The summed E-state index contributed by atoms with van der Waals surface area (Å²) < 4.78 is 2.23. The molecule has 0 spiro atoms. The number of hydrogen-bond donors (Lipinski definition) is 0. The predicted molar refractivity (Wildman–Crippen MR) is 104 cm³/mol. The molecule has 1 atom stereocenters. The molecule has 2 aromatic heterocycles. The van der Waals surface area contributed by atoms with Gasteiger partial charge < -0.3 is 9.47 Å². The lowest BCUT2D eigenvalue weighted by molar-refractivity contribution is 0.237. The van der Waals surface area contributed by atoms with E-state index < -0.39 is 0 Å². The van der Waals surface area contributed by atoms with Crippen molar-refractivity contribution in [2.24, 2.45) is 7.05 Å². The molecule has 25 heavy (non-hydrogen) atoms. The minimum atomic E-state index is 0.410. The average Bonchev–Trinajstić information content (AvgIpc) is 3.38. The topological polar surface area (TPSA) is 37.2 Å². The highest BCUT2D eigenvalue weighted by Crippen LogP contribution is 2.33. The van der Waals surface area contributed by atoms with E-state index in [9.17, 15) is 0 Å². The molecule has 136 valence electrons. The third-order valence-corrected chi connectivity index (χ3v) is 7.17. The van der Waals surface area contributed by atoms with Gasteiger partial charge in [-0.15, -0.1) is 21.5 Å².